The number of carbonyl (C=O) groups excluding carboxylic acids is 1. The van der Waals surface area contributed by atoms with Crippen molar-refractivity contribution in [2.45, 2.75) is 0 Å². The van der Waals surface area contributed by atoms with Crippen molar-refractivity contribution < 1.29 is 9.53 Å². The molecule has 0 aliphatic heterocycles. The molecule has 3 rings (SSSR count). The quantitative estimate of drug-likeness (QED) is 0.689. The molecular weight excluding hydrogens is 264 g/mol. The average Bonchev–Trinajstić information content (AvgIpc) is 3.04. The summed E-state index contributed by atoms with van der Waals surface area (Å²) in [6.45, 7) is 0. The van der Waals surface area contributed by atoms with Crippen molar-refractivity contribution in [1.82, 2.24) is 9.78 Å². The first-order chi connectivity index (χ1) is 10.3. The summed E-state index contributed by atoms with van der Waals surface area (Å²) >= 11 is 0. The normalized spacial score (nSPS) is 10.3. The van der Waals surface area contributed by atoms with Crippen molar-refractivity contribution in [1.29, 1.82) is 0 Å². The molecule has 0 saturated heterocycles. The van der Waals surface area contributed by atoms with Gasteiger partial charge in [0.25, 0.3) is 0 Å². The fourth-order valence-corrected chi connectivity index (χ4v) is 2.14. The smallest absolute Gasteiger partial charge is 0.211 e. The van der Waals surface area contributed by atoms with Gasteiger partial charge in [-0.3, -0.25) is 4.79 Å². The van der Waals surface area contributed by atoms with Gasteiger partial charge in [-0.2, -0.15) is 5.10 Å². The number of aromatic nitrogens is 2. The van der Waals surface area contributed by atoms with Gasteiger partial charge in [0.15, 0.2) is 0 Å². The first-order valence-electron chi connectivity index (χ1n) is 6.58. The van der Waals surface area contributed by atoms with E-state index in [2.05, 4.69) is 5.10 Å². The van der Waals surface area contributed by atoms with Gasteiger partial charge < -0.3 is 4.74 Å². The highest BCUT2D eigenvalue weighted by Gasteiger charge is 2.15. The van der Waals surface area contributed by atoms with Gasteiger partial charge in [0, 0.05) is 5.56 Å². The average molecular weight is 278 g/mol. The monoisotopic (exact) mass is 278 g/mol. The molecule has 0 fully saturated rings. The Kier molecular flexibility index (Phi) is 3.51. The minimum Gasteiger partial charge on any atom is -0.497 e. The summed E-state index contributed by atoms with van der Waals surface area (Å²) in [6.07, 6.45) is 1.63. The molecule has 4 nitrogen and oxygen atoms in total. The molecule has 0 spiro atoms. The zero-order valence-corrected chi connectivity index (χ0v) is 11.6. The lowest BCUT2D eigenvalue weighted by atomic mass is 10.1. The van der Waals surface area contributed by atoms with E-state index in [1.807, 2.05) is 30.3 Å². The van der Waals surface area contributed by atoms with E-state index in [4.69, 9.17) is 4.74 Å². The number of carbonyl (C=O) groups is 1. The van der Waals surface area contributed by atoms with Gasteiger partial charge in [-0.05, 0) is 42.5 Å². The molecule has 0 amide bonds. The molecule has 0 atom stereocenters. The third-order valence-electron chi connectivity index (χ3n) is 3.23. The van der Waals surface area contributed by atoms with Gasteiger partial charge in [-0.25, -0.2) is 4.68 Å². The highest BCUT2D eigenvalue weighted by molar-refractivity contribution is 6.08. The Hall–Kier alpha value is -2.88. The maximum absolute atomic E-state index is 12.6. The molecule has 4 heteroatoms. The topological polar surface area (TPSA) is 44.1 Å². The zero-order valence-electron chi connectivity index (χ0n) is 11.6. The molecule has 0 saturated carbocycles. The lowest BCUT2D eigenvalue weighted by Gasteiger charge is -2.07. The Morgan fingerprint density at radius 3 is 2.38 bits per heavy atom. The molecule has 104 valence electrons. The lowest BCUT2D eigenvalue weighted by molar-refractivity contribution is 0.103. The van der Waals surface area contributed by atoms with Gasteiger partial charge in [0.2, 0.25) is 5.78 Å². The number of methoxy groups -OCH3 is 1. The van der Waals surface area contributed by atoms with Crippen LogP contribution >= 0.6 is 0 Å². The van der Waals surface area contributed by atoms with Gasteiger partial charge >= 0.3 is 0 Å². The van der Waals surface area contributed by atoms with Crippen LogP contribution in [0.4, 0.5) is 0 Å². The van der Waals surface area contributed by atoms with E-state index in [1.165, 1.54) is 0 Å². The molecule has 0 N–H and O–H groups in total. The fourth-order valence-electron chi connectivity index (χ4n) is 2.14. The lowest BCUT2D eigenvalue weighted by Crippen LogP contribution is -2.09. The van der Waals surface area contributed by atoms with Crippen molar-refractivity contribution in [2.75, 3.05) is 7.11 Å². The standard InChI is InChI=1S/C17H14N2O2/c1-21-15-9-7-13(8-10-15)17(20)16-11-12-18-19(16)14-5-3-2-4-6-14/h2-12H,1H3. The number of rotatable bonds is 4. The highest BCUT2D eigenvalue weighted by atomic mass is 16.5. The van der Waals surface area contributed by atoms with Crippen LogP contribution in [-0.2, 0) is 0 Å². The van der Waals surface area contributed by atoms with Crippen molar-refractivity contribution >= 4 is 5.78 Å². The summed E-state index contributed by atoms with van der Waals surface area (Å²) < 4.78 is 6.75. The highest BCUT2D eigenvalue weighted by Crippen LogP contribution is 2.17. The second-order valence-electron chi connectivity index (χ2n) is 4.52. The summed E-state index contributed by atoms with van der Waals surface area (Å²) in [4.78, 5) is 12.6. The minimum atomic E-state index is -0.0704. The second kappa shape index (κ2) is 5.63. The van der Waals surface area contributed by atoms with Crippen molar-refractivity contribution in [2.24, 2.45) is 0 Å². The third-order valence-corrected chi connectivity index (χ3v) is 3.23. The van der Waals surface area contributed by atoms with Crippen LogP contribution in [0.3, 0.4) is 0 Å². The number of ketones is 1. The molecule has 0 bridgehead atoms. The van der Waals surface area contributed by atoms with E-state index < -0.39 is 0 Å². The number of hydrogen-bond acceptors (Lipinski definition) is 3. The van der Waals surface area contributed by atoms with Gasteiger partial charge in [-0.1, -0.05) is 18.2 Å². The van der Waals surface area contributed by atoms with Crippen LogP contribution < -0.4 is 4.74 Å². The van der Waals surface area contributed by atoms with E-state index >= 15 is 0 Å². The van der Waals surface area contributed by atoms with Gasteiger partial charge in [0.05, 0.1) is 19.0 Å². The van der Waals surface area contributed by atoms with Crippen LogP contribution in [0.1, 0.15) is 16.1 Å². The maximum Gasteiger partial charge on any atom is 0.211 e. The third kappa shape index (κ3) is 2.56. The van der Waals surface area contributed by atoms with E-state index in [1.54, 1.807) is 48.3 Å². The number of hydrogen-bond donors (Lipinski definition) is 0. The minimum absolute atomic E-state index is 0.0704. The molecule has 0 aliphatic rings. The SMILES string of the molecule is COc1ccc(C(=O)c2ccnn2-c2ccccc2)cc1. The summed E-state index contributed by atoms with van der Waals surface area (Å²) in [5, 5.41) is 4.24. The Labute approximate surface area is 122 Å². The Morgan fingerprint density at radius 2 is 1.71 bits per heavy atom. The molecule has 3 aromatic rings. The van der Waals surface area contributed by atoms with Crippen LogP contribution in [0, 0.1) is 0 Å². The maximum atomic E-state index is 12.6. The Morgan fingerprint density at radius 1 is 1.00 bits per heavy atom. The molecule has 1 aromatic heterocycles. The Bertz CT molecular complexity index is 746. The van der Waals surface area contributed by atoms with E-state index in [9.17, 15) is 4.79 Å². The first-order valence-corrected chi connectivity index (χ1v) is 6.58. The van der Waals surface area contributed by atoms with Crippen LogP contribution in [0.5, 0.6) is 5.75 Å². The van der Waals surface area contributed by atoms with Crippen LogP contribution in [0.25, 0.3) is 5.69 Å². The Balaban J connectivity index is 1.97. The molecule has 1 heterocycles. The van der Waals surface area contributed by atoms with Crippen molar-refractivity contribution in [3.8, 4) is 11.4 Å². The number of para-hydroxylation sites is 1. The first kappa shape index (κ1) is 13.1. The van der Waals surface area contributed by atoms with Crippen molar-refractivity contribution in [3.63, 3.8) is 0 Å². The van der Waals surface area contributed by atoms with Gasteiger partial charge in [-0.15, -0.1) is 0 Å². The summed E-state index contributed by atoms with van der Waals surface area (Å²) in [6, 6.07) is 18.4. The number of benzene rings is 2. The predicted octanol–water partition coefficient (Wildman–Crippen LogP) is 3.11. The van der Waals surface area contributed by atoms with Crippen LogP contribution in [-0.4, -0.2) is 22.7 Å². The van der Waals surface area contributed by atoms with Crippen molar-refractivity contribution in [3.05, 3.63) is 78.1 Å². The van der Waals surface area contributed by atoms with Crippen LogP contribution in [0.15, 0.2) is 66.9 Å². The van der Waals surface area contributed by atoms with E-state index in [0.29, 0.717) is 11.3 Å². The molecule has 0 unspecified atom stereocenters. The summed E-state index contributed by atoms with van der Waals surface area (Å²) in [5.74, 6) is 0.655. The van der Waals surface area contributed by atoms with E-state index in [-0.39, 0.29) is 5.78 Å². The van der Waals surface area contributed by atoms with Gasteiger partial charge in [0.1, 0.15) is 11.4 Å². The largest absolute Gasteiger partial charge is 0.497 e. The molecule has 0 radical (unpaired) electrons. The predicted molar refractivity (Wildman–Crippen MR) is 80.0 cm³/mol. The molecule has 2 aromatic carbocycles. The molecular formula is C17H14N2O2. The number of nitrogens with zero attached hydrogens (tertiary/aromatic N) is 2. The number of ether oxygens (including phenoxy) is 1. The van der Waals surface area contributed by atoms with E-state index in [0.717, 1.165) is 11.4 Å². The second-order valence-corrected chi connectivity index (χ2v) is 4.52. The summed E-state index contributed by atoms with van der Waals surface area (Å²) in [7, 11) is 1.60. The fraction of sp³-hybridized carbons (Fsp3) is 0.0588. The molecule has 0 aliphatic carbocycles. The summed E-state index contributed by atoms with van der Waals surface area (Å²) in [5.41, 5.74) is 2.00. The van der Waals surface area contributed by atoms with Crippen LogP contribution in [0.2, 0.25) is 0 Å². The zero-order chi connectivity index (χ0) is 14.7. The molecule has 21 heavy (non-hydrogen) atoms.